The van der Waals surface area contributed by atoms with Gasteiger partial charge in [-0.15, -0.1) is 0 Å². The number of rotatable bonds is 10. The summed E-state index contributed by atoms with van der Waals surface area (Å²) in [6.45, 7) is 3.68. The van der Waals surface area contributed by atoms with Crippen LogP contribution < -0.4 is 10.1 Å². The highest BCUT2D eigenvalue weighted by atomic mass is 16.5. The van der Waals surface area contributed by atoms with Crippen LogP contribution in [0.4, 0.5) is 0 Å². The molecule has 20 heavy (non-hydrogen) atoms. The van der Waals surface area contributed by atoms with Gasteiger partial charge >= 0.3 is 0 Å². The lowest BCUT2D eigenvalue weighted by Crippen LogP contribution is -2.24. The molecule has 0 bridgehead atoms. The van der Waals surface area contributed by atoms with Crippen molar-refractivity contribution in [2.24, 2.45) is 0 Å². The van der Waals surface area contributed by atoms with E-state index < -0.39 is 0 Å². The van der Waals surface area contributed by atoms with Crippen molar-refractivity contribution in [3.8, 4) is 5.75 Å². The number of ether oxygens (including phenoxy) is 1. The zero-order valence-electron chi connectivity index (χ0n) is 12.2. The molecule has 2 N–H and O–H groups in total. The third kappa shape index (κ3) is 6.57. The number of benzene rings is 1. The first-order valence-electron chi connectivity index (χ1n) is 7.40. The van der Waals surface area contributed by atoms with Gasteiger partial charge in [0.15, 0.2) is 0 Å². The third-order valence-corrected chi connectivity index (χ3v) is 2.96. The molecule has 0 atom stereocenters. The zero-order valence-corrected chi connectivity index (χ0v) is 12.2. The summed E-state index contributed by atoms with van der Waals surface area (Å²) in [6.07, 6.45) is 4.80. The molecule has 0 aromatic heterocycles. The number of aliphatic hydroxyl groups excluding tert-OH is 1. The number of aliphatic hydroxyl groups is 1. The molecule has 0 aliphatic rings. The highest BCUT2D eigenvalue weighted by Gasteiger charge is 2.04. The summed E-state index contributed by atoms with van der Waals surface area (Å²) in [7, 11) is 0. The third-order valence-electron chi connectivity index (χ3n) is 2.96. The molecule has 1 aromatic rings. The summed E-state index contributed by atoms with van der Waals surface area (Å²) in [5.41, 5.74) is 0.657. The van der Waals surface area contributed by atoms with Gasteiger partial charge in [0, 0.05) is 18.7 Å². The predicted octanol–water partition coefficient (Wildman–Crippen LogP) is 2.76. The summed E-state index contributed by atoms with van der Waals surface area (Å²) < 4.78 is 5.47. The molecule has 0 saturated heterocycles. The number of unbranched alkanes of at least 4 members (excludes halogenated alkanes) is 3. The first-order chi connectivity index (χ1) is 9.77. The molecule has 1 aromatic carbocycles. The van der Waals surface area contributed by atoms with Crippen molar-refractivity contribution in [2.75, 3.05) is 19.8 Å². The van der Waals surface area contributed by atoms with Crippen molar-refractivity contribution in [2.45, 2.75) is 39.0 Å². The molecule has 0 aliphatic carbocycles. The van der Waals surface area contributed by atoms with Crippen molar-refractivity contribution in [3.63, 3.8) is 0 Å². The molecule has 4 nitrogen and oxygen atoms in total. The number of hydrogen-bond acceptors (Lipinski definition) is 3. The maximum atomic E-state index is 11.9. The van der Waals surface area contributed by atoms with E-state index in [2.05, 4.69) is 12.2 Å². The van der Waals surface area contributed by atoms with E-state index in [1.165, 1.54) is 0 Å². The Bertz CT molecular complexity index is 376. The van der Waals surface area contributed by atoms with Crippen LogP contribution in [0.2, 0.25) is 0 Å². The number of carbonyl (C=O) groups is 1. The largest absolute Gasteiger partial charge is 0.494 e. The molecule has 1 rings (SSSR count). The molecule has 0 saturated carbocycles. The summed E-state index contributed by atoms with van der Waals surface area (Å²) in [5.74, 6) is 0.751. The van der Waals surface area contributed by atoms with Crippen LogP contribution in [0.5, 0.6) is 5.75 Å². The minimum atomic E-state index is -0.0470. The second-order valence-electron chi connectivity index (χ2n) is 4.77. The van der Waals surface area contributed by atoms with Gasteiger partial charge in [0.05, 0.1) is 6.61 Å². The Morgan fingerprint density at radius 2 is 1.85 bits per heavy atom. The van der Waals surface area contributed by atoms with Crippen molar-refractivity contribution in [1.82, 2.24) is 5.32 Å². The van der Waals surface area contributed by atoms with E-state index >= 15 is 0 Å². The maximum absolute atomic E-state index is 11.9. The van der Waals surface area contributed by atoms with Gasteiger partial charge in [0.25, 0.3) is 5.91 Å². The average Bonchev–Trinajstić information content (AvgIpc) is 2.49. The van der Waals surface area contributed by atoms with Crippen LogP contribution in [0.15, 0.2) is 24.3 Å². The lowest BCUT2D eigenvalue weighted by atomic mass is 10.2. The second kappa shape index (κ2) is 10.3. The van der Waals surface area contributed by atoms with Crippen molar-refractivity contribution >= 4 is 5.91 Å². The van der Waals surface area contributed by atoms with E-state index in [1.807, 2.05) is 12.1 Å². The Kier molecular flexibility index (Phi) is 8.47. The SMILES string of the molecule is CCCOc1ccc(C(=O)NCCCCCCO)cc1. The summed E-state index contributed by atoms with van der Waals surface area (Å²) >= 11 is 0. The molecule has 0 fully saturated rings. The number of nitrogens with one attached hydrogen (secondary N) is 1. The minimum absolute atomic E-state index is 0.0470. The van der Waals surface area contributed by atoms with Crippen LogP contribution in [0.3, 0.4) is 0 Å². The Morgan fingerprint density at radius 3 is 2.50 bits per heavy atom. The molecule has 1 amide bonds. The Hall–Kier alpha value is -1.55. The van der Waals surface area contributed by atoms with E-state index in [9.17, 15) is 4.79 Å². The van der Waals surface area contributed by atoms with Gasteiger partial charge in [-0.2, -0.15) is 0 Å². The zero-order chi connectivity index (χ0) is 14.6. The smallest absolute Gasteiger partial charge is 0.251 e. The Balaban J connectivity index is 2.25. The molecule has 0 spiro atoms. The van der Waals surface area contributed by atoms with Gasteiger partial charge in [0.1, 0.15) is 5.75 Å². The van der Waals surface area contributed by atoms with E-state index in [1.54, 1.807) is 12.1 Å². The Morgan fingerprint density at radius 1 is 1.15 bits per heavy atom. The lowest BCUT2D eigenvalue weighted by Gasteiger charge is -2.07. The van der Waals surface area contributed by atoms with Crippen LogP contribution >= 0.6 is 0 Å². The van der Waals surface area contributed by atoms with Crippen molar-refractivity contribution < 1.29 is 14.6 Å². The van der Waals surface area contributed by atoms with Gasteiger partial charge < -0.3 is 15.2 Å². The van der Waals surface area contributed by atoms with E-state index in [0.29, 0.717) is 18.7 Å². The van der Waals surface area contributed by atoms with Crippen molar-refractivity contribution in [3.05, 3.63) is 29.8 Å². The highest BCUT2D eigenvalue weighted by Crippen LogP contribution is 2.12. The molecule has 0 aliphatic heterocycles. The average molecular weight is 279 g/mol. The van der Waals surface area contributed by atoms with Crippen molar-refractivity contribution in [1.29, 1.82) is 0 Å². The fourth-order valence-corrected chi connectivity index (χ4v) is 1.82. The van der Waals surface area contributed by atoms with Crippen LogP contribution in [-0.4, -0.2) is 30.8 Å². The van der Waals surface area contributed by atoms with E-state index in [4.69, 9.17) is 9.84 Å². The highest BCUT2D eigenvalue weighted by molar-refractivity contribution is 5.94. The lowest BCUT2D eigenvalue weighted by molar-refractivity contribution is 0.0953. The second-order valence-corrected chi connectivity index (χ2v) is 4.77. The monoisotopic (exact) mass is 279 g/mol. The van der Waals surface area contributed by atoms with E-state index in [0.717, 1.165) is 37.9 Å². The van der Waals surface area contributed by atoms with Crippen LogP contribution in [0.25, 0.3) is 0 Å². The molecular formula is C16H25NO3. The Labute approximate surface area is 121 Å². The van der Waals surface area contributed by atoms with Gasteiger partial charge in [-0.3, -0.25) is 4.79 Å². The molecule has 112 valence electrons. The first kappa shape index (κ1) is 16.5. The fraction of sp³-hybridized carbons (Fsp3) is 0.562. The molecule has 0 heterocycles. The number of carbonyl (C=O) groups excluding carboxylic acids is 1. The molecule has 0 radical (unpaired) electrons. The minimum Gasteiger partial charge on any atom is -0.494 e. The molecular weight excluding hydrogens is 254 g/mol. The topological polar surface area (TPSA) is 58.6 Å². The quantitative estimate of drug-likeness (QED) is 0.647. The molecule has 4 heteroatoms. The van der Waals surface area contributed by atoms with Gasteiger partial charge in [-0.25, -0.2) is 0 Å². The van der Waals surface area contributed by atoms with Crippen LogP contribution in [0.1, 0.15) is 49.4 Å². The summed E-state index contributed by atoms with van der Waals surface area (Å²) in [4.78, 5) is 11.9. The maximum Gasteiger partial charge on any atom is 0.251 e. The normalized spacial score (nSPS) is 10.3. The van der Waals surface area contributed by atoms with Gasteiger partial charge in [-0.1, -0.05) is 19.8 Å². The standard InChI is InChI=1S/C16H25NO3/c1-2-13-20-15-9-7-14(8-10-15)16(19)17-11-5-3-4-6-12-18/h7-10,18H,2-6,11-13H2,1H3,(H,17,19). The van der Waals surface area contributed by atoms with Crippen LogP contribution in [0, 0.1) is 0 Å². The van der Waals surface area contributed by atoms with E-state index in [-0.39, 0.29) is 12.5 Å². The van der Waals surface area contributed by atoms with Gasteiger partial charge in [0.2, 0.25) is 0 Å². The molecule has 0 unspecified atom stereocenters. The number of amides is 1. The fourth-order valence-electron chi connectivity index (χ4n) is 1.82. The first-order valence-corrected chi connectivity index (χ1v) is 7.40. The summed E-state index contributed by atoms with van der Waals surface area (Å²) in [5, 5.41) is 11.6. The summed E-state index contributed by atoms with van der Waals surface area (Å²) in [6, 6.07) is 7.22. The van der Waals surface area contributed by atoms with Crippen LogP contribution in [-0.2, 0) is 0 Å². The predicted molar refractivity (Wildman–Crippen MR) is 80.1 cm³/mol. The van der Waals surface area contributed by atoms with Gasteiger partial charge in [-0.05, 0) is 43.5 Å². The number of hydrogen-bond donors (Lipinski definition) is 2.